The van der Waals surface area contributed by atoms with E-state index in [1.165, 1.54) is 22.7 Å². The number of hydrogen-bond donors (Lipinski definition) is 1. The largest absolute Gasteiger partial charge is 0.494 e. The molecule has 0 aliphatic carbocycles. The van der Waals surface area contributed by atoms with Gasteiger partial charge in [0.05, 0.1) is 34.6 Å². The summed E-state index contributed by atoms with van der Waals surface area (Å²) in [6.07, 6.45) is 1.93. The van der Waals surface area contributed by atoms with Crippen molar-refractivity contribution in [2.24, 2.45) is 0 Å². The first-order chi connectivity index (χ1) is 13.2. The van der Waals surface area contributed by atoms with E-state index in [2.05, 4.69) is 20.3 Å². The van der Waals surface area contributed by atoms with Crippen LogP contribution in [0.15, 0.2) is 48.0 Å². The number of anilines is 1. The summed E-state index contributed by atoms with van der Waals surface area (Å²) in [5.41, 5.74) is 2.37. The fourth-order valence-electron chi connectivity index (χ4n) is 2.54. The Hall–Kier alpha value is -2.84. The first-order valence-electron chi connectivity index (χ1n) is 8.40. The van der Waals surface area contributed by atoms with E-state index in [-0.39, 0.29) is 12.3 Å². The number of ether oxygens (including phenoxy) is 1. The molecule has 1 amide bonds. The third kappa shape index (κ3) is 4.12. The highest BCUT2D eigenvalue weighted by molar-refractivity contribution is 7.22. The van der Waals surface area contributed by atoms with Gasteiger partial charge >= 0.3 is 0 Å². The molecular formula is C19H16N4O2S2. The van der Waals surface area contributed by atoms with E-state index in [1.807, 2.05) is 48.7 Å². The van der Waals surface area contributed by atoms with E-state index < -0.39 is 0 Å². The van der Waals surface area contributed by atoms with E-state index in [4.69, 9.17) is 4.74 Å². The molecule has 0 saturated carbocycles. The Balaban J connectivity index is 1.43. The zero-order chi connectivity index (χ0) is 18.6. The molecule has 4 rings (SSSR count). The Labute approximate surface area is 163 Å². The molecule has 3 aromatic heterocycles. The van der Waals surface area contributed by atoms with E-state index >= 15 is 0 Å². The number of carbonyl (C=O) groups excluding carboxylic acids is 1. The van der Waals surface area contributed by atoms with Crippen LogP contribution in [-0.2, 0) is 11.2 Å². The van der Waals surface area contributed by atoms with Crippen LogP contribution in [0, 0.1) is 0 Å². The average Bonchev–Trinajstić information content (AvgIpc) is 3.28. The van der Waals surface area contributed by atoms with Crippen LogP contribution in [0.25, 0.3) is 20.9 Å². The minimum atomic E-state index is -0.142. The second-order valence-electron chi connectivity index (χ2n) is 5.67. The van der Waals surface area contributed by atoms with Gasteiger partial charge in [-0.2, -0.15) is 0 Å². The predicted molar refractivity (Wildman–Crippen MR) is 108 cm³/mol. The molecule has 0 fully saturated rings. The normalized spacial score (nSPS) is 10.9. The Kier molecular flexibility index (Phi) is 5.08. The van der Waals surface area contributed by atoms with E-state index in [1.54, 1.807) is 6.20 Å². The van der Waals surface area contributed by atoms with Gasteiger partial charge in [0.25, 0.3) is 0 Å². The van der Waals surface area contributed by atoms with Crippen LogP contribution in [0.4, 0.5) is 5.13 Å². The van der Waals surface area contributed by atoms with Gasteiger partial charge in [-0.05, 0) is 37.3 Å². The van der Waals surface area contributed by atoms with Crippen molar-refractivity contribution in [1.82, 2.24) is 15.0 Å². The summed E-state index contributed by atoms with van der Waals surface area (Å²) < 4.78 is 6.48. The number of amides is 1. The zero-order valence-electron chi connectivity index (χ0n) is 14.5. The highest BCUT2D eigenvalue weighted by Gasteiger charge is 2.12. The molecule has 0 unspecified atom stereocenters. The predicted octanol–water partition coefficient (Wildman–Crippen LogP) is 4.39. The van der Waals surface area contributed by atoms with Gasteiger partial charge in [0.1, 0.15) is 10.8 Å². The van der Waals surface area contributed by atoms with Crippen LogP contribution >= 0.6 is 22.7 Å². The number of benzene rings is 1. The number of carbonyl (C=O) groups is 1. The van der Waals surface area contributed by atoms with Crippen molar-refractivity contribution in [3.8, 4) is 16.5 Å². The second-order valence-corrected chi connectivity index (χ2v) is 7.55. The molecular weight excluding hydrogens is 380 g/mol. The molecule has 4 aromatic rings. The maximum Gasteiger partial charge on any atom is 0.232 e. The van der Waals surface area contributed by atoms with Crippen molar-refractivity contribution in [3.63, 3.8) is 0 Å². The quantitative estimate of drug-likeness (QED) is 0.523. The topological polar surface area (TPSA) is 77.0 Å². The number of hydrogen-bond acceptors (Lipinski definition) is 7. The summed E-state index contributed by atoms with van der Waals surface area (Å²) in [7, 11) is 0. The van der Waals surface area contributed by atoms with Gasteiger partial charge in [-0.3, -0.25) is 9.78 Å². The minimum absolute atomic E-state index is 0.142. The molecule has 8 heteroatoms. The third-order valence-corrected chi connectivity index (χ3v) is 5.54. The monoisotopic (exact) mass is 396 g/mol. The standard InChI is InChI=1S/C19H16N4O2S2/c1-2-25-13-6-7-14-16(10-13)27-19(22-14)23-17(24)9-12-11-26-18(21-12)15-5-3-4-8-20-15/h3-8,10-11H,2,9H2,1H3,(H,22,23,24). The lowest BCUT2D eigenvalue weighted by atomic mass is 10.3. The number of thiazole rings is 2. The molecule has 0 saturated heterocycles. The molecule has 3 heterocycles. The maximum absolute atomic E-state index is 12.4. The third-order valence-electron chi connectivity index (χ3n) is 3.69. The summed E-state index contributed by atoms with van der Waals surface area (Å²) in [6, 6.07) is 11.4. The van der Waals surface area contributed by atoms with Gasteiger partial charge in [-0.1, -0.05) is 17.4 Å². The van der Waals surface area contributed by atoms with Crippen LogP contribution < -0.4 is 10.1 Å². The first kappa shape index (κ1) is 17.6. The summed E-state index contributed by atoms with van der Waals surface area (Å²) in [5, 5.41) is 6.12. The van der Waals surface area contributed by atoms with Gasteiger partial charge in [0.15, 0.2) is 5.13 Å². The summed E-state index contributed by atoms with van der Waals surface area (Å²) in [5.74, 6) is 0.660. The lowest BCUT2D eigenvalue weighted by Gasteiger charge is -2.00. The Morgan fingerprint density at radius 1 is 1.22 bits per heavy atom. The minimum Gasteiger partial charge on any atom is -0.494 e. The second kappa shape index (κ2) is 7.81. The molecule has 1 aromatic carbocycles. The SMILES string of the molecule is CCOc1ccc2nc(NC(=O)Cc3csc(-c4ccccn4)n3)sc2c1. The van der Waals surface area contributed by atoms with Gasteiger partial charge < -0.3 is 10.1 Å². The Bertz CT molecular complexity index is 1080. The lowest BCUT2D eigenvalue weighted by Crippen LogP contribution is -2.14. The van der Waals surface area contributed by atoms with Crippen molar-refractivity contribution >= 4 is 43.9 Å². The van der Waals surface area contributed by atoms with E-state index in [0.29, 0.717) is 11.7 Å². The molecule has 0 spiro atoms. The van der Waals surface area contributed by atoms with E-state index in [9.17, 15) is 4.79 Å². The molecule has 0 atom stereocenters. The fraction of sp³-hybridized carbons (Fsp3) is 0.158. The first-order valence-corrected chi connectivity index (χ1v) is 10.1. The van der Waals surface area contributed by atoms with Crippen molar-refractivity contribution in [2.75, 3.05) is 11.9 Å². The lowest BCUT2D eigenvalue weighted by molar-refractivity contribution is -0.115. The number of pyridine rings is 1. The van der Waals surface area contributed by atoms with Gasteiger partial charge in [-0.25, -0.2) is 9.97 Å². The number of nitrogens with one attached hydrogen (secondary N) is 1. The molecule has 6 nitrogen and oxygen atoms in total. The Morgan fingerprint density at radius 2 is 2.15 bits per heavy atom. The number of rotatable bonds is 6. The molecule has 0 aliphatic rings. The molecule has 1 N–H and O–H groups in total. The molecule has 136 valence electrons. The van der Waals surface area contributed by atoms with Crippen LogP contribution in [-0.4, -0.2) is 27.5 Å². The van der Waals surface area contributed by atoms with Crippen molar-refractivity contribution in [1.29, 1.82) is 0 Å². The molecule has 0 bridgehead atoms. The summed E-state index contributed by atoms with van der Waals surface area (Å²) in [6.45, 7) is 2.56. The maximum atomic E-state index is 12.4. The number of nitrogens with zero attached hydrogens (tertiary/aromatic N) is 3. The number of aromatic nitrogens is 3. The average molecular weight is 396 g/mol. The fourth-order valence-corrected chi connectivity index (χ4v) is 4.24. The van der Waals surface area contributed by atoms with Crippen LogP contribution in [0.5, 0.6) is 5.75 Å². The number of fused-ring (bicyclic) bond motifs is 1. The highest BCUT2D eigenvalue weighted by Crippen LogP contribution is 2.29. The summed E-state index contributed by atoms with van der Waals surface area (Å²) >= 11 is 2.91. The Morgan fingerprint density at radius 3 is 2.96 bits per heavy atom. The smallest absolute Gasteiger partial charge is 0.232 e. The van der Waals surface area contributed by atoms with Crippen LogP contribution in [0.2, 0.25) is 0 Å². The van der Waals surface area contributed by atoms with Crippen LogP contribution in [0.3, 0.4) is 0 Å². The molecule has 0 aliphatic heterocycles. The van der Waals surface area contributed by atoms with Crippen molar-refractivity contribution in [2.45, 2.75) is 13.3 Å². The van der Waals surface area contributed by atoms with Crippen LogP contribution in [0.1, 0.15) is 12.6 Å². The zero-order valence-corrected chi connectivity index (χ0v) is 16.1. The summed E-state index contributed by atoms with van der Waals surface area (Å²) in [4.78, 5) is 25.6. The van der Waals surface area contributed by atoms with Gasteiger partial charge in [-0.15, -0.1) is 11.3 Å². The van der Waals surface area contributed by atoms with Crippen molar-refractivity contribution in [3.05, 3.63) is 53.7 Å². The van der Waals surface area contributed by atoms with Gasteiger partial charge in [0, 0.05) is 11.6 Å². The molecule has 27 heavy (non-hydrogen) atoms. The van der Waals surface area contributed by atoms with Crippen molar-refractivity contribution < 1.29 is 9.53 Å². The highest BCUT2D eigenvalue weighted by atomic mass is 32.1. The van der Waals surface area contributed by atoms with E-state index in [0.717, 1.165) is 32.4 Å². The van der Waals surface area contributed by atoms with Gasteiger partial charge in [0.2, 0.25) is 5.91 Å². The molecule has 0 radical (unpaired) electrons.